The van der Waals surface area contributed by atoms with Crippen LogP contribution in [-0.4, -0.2) is 56.5 Å². The molecule has 0 unspecified atom stereocenters. The molecule has 0 radical (unpaired) electrons. The van der Waals surface area contributed by atoms with Gasteiger partial charge in [0.1, 0.15) is 0 Å². The fraction of sp³-hybridized carbons (Fsp3) is 1.00. The van der Waals surface area contributed by atoms with Crippen LogP contribution in [0.1, 0.15) is 6.42 Å². The van der Waals surface area contributed by atoms with Crippen LogP contribution in [0.2, 0.25) is 0 Å². The Bertz CT molecular complexity index is 251. The number of hydrogen-bond acceptors (Lipinski definition) is 4. The summed E-state index contributed by atoms with van der Waals surface area (Å²) in [7, 11) is -1.74. The molecule has 0 aromatic heterocycles. The van der Waals surface area contributed by atoms with E-state index < -0.39 is 16.1 Å². The molecule has 1 heterocycles. The number of hydrogen-bond donors (Lipinski definition) is 1. The fourth-order valence-electron chi connectivity index (χ4n) is 1.28. The second-order valence-electron chi connectivity index (χ2n) is 3.11. The van der Waals surface area contributed by atoms with E-state index in [1.165, 1.54) is 11.4 Å². The first kappa shape index (κ1) is 10.9. The number of ether oxygens (including phenoxy) is 1. The summed E-state index contributed by atoms with van der Waals surface area (Å²) >= 11 is 0. The summed E-state index contributed by atoms with van der Waals surface area (Å²) in [6.07, 6.45) is 0.0315. The van der Waals surface area contributed by atoms with Gasteiger partial charge in [0.2, 0.25) is 10.0 Å². The van der Waals surface area contributed by atoms with E-state index in [1.807, 2.05) is 0 Å². The normalized spacial score (nSPS) is 25.2. The number of rotatable bonds is 4. The summed E-state index contributed by atoms with van der Waals surface area (Å²) in [5.74, 6) is -0.00375. The van der Waals surface area contributed by atoms with E-state index in [2.05, 4.69) is 0 Å². The Morgan fingerprint density at radius 2 is 2.31 bits per heavy atom. The number of aliphatic hydroxyl groups is 1. The first-order valence-corrected chi connectivity index (χ1v) is 5.82. The lowest BCUT2D eigenvalue weighted by Crippen LogP contribution is -2.33. The Balaban J connectivity index is 2.50. The first-order valence-electron chi connectivity index (χ1n) is 4.21. The zero-order valence-electron chi connectivity index (χ0n) is 7.64. The van der Waals surface area contributed by atoms with E-state index in [1.54, 1.807) is 0 Å². The van der Waals surface area contributed by atoms with E-state index in [9.17, 15) is 8.42 Å². The quantitative estimate of drug-likeness (QED) is 0.647. The summed E-state index contributed by atoms with van der Waals surface area (Å²) in [5, 5.41) is 9.15. The van der Waals surface area contributed by atoms with Crippen molar-refractivity contribution in [1.29, 1.82) is 0 Å². The monoisotopic (exact) mass is 209 g/mol. The Kier molecular flexibility index (Phi) is 3.66. The molecule has 1 saturated heterocycles. The minimum absolute atomic E-state index is 0.00375. The topological polar surface area (TPSA) is 66.8 Å². The largest absolute Gasteiger partial charge is 0.392 e. The molecule has 0 bridgehead atoms. The molecule has 5 nitrogen and oxygen atoms in total. The first-order chi connectivity index (χ1) is 6.06. The van der Waals surface area contributed by atoms with Crippen LogP contribution in [-0.2, 0) is 14.8 Å². The van der Waals surface area contributed by atoms with Crippen LogP contribution in [0.4, 0.5) is 0 Å². The van der Waals surface area contributed by atoms with Gasteiger partial charge in [-0.3, -0.25) is 0 Å². The maximum Gasteiger partial charge on any atom is 0.216 e. The zero-order valence-corrected chi connectivity index (χ0v) is 8.46. The number of β-amino-alcohol motifs (C(OH)–C–C–N with tert-alkyl or cyclic N) is 1. The maximum atomic E-state index is 11.5. The summed E-state index contributed by atoms with van der Waals surface area (Å²) in [6, 6.07) is 0. The lowest BCUT2D eigenvalue weighted by Gasteiger charge is -2.14. The van der Waals surface area contributed by atoms with Crippen LogP contribution in [0.3, 0.4) is 0 Å². The van der Waals surface area contributed by atoms with E-state index in [4.69, 9.17) is 9.84 Å². The Morgan fingerprint density at radius 1 is 1.62 bits per heavy atom. The van der Waals surface area contributed by atoms with Gasteiger partial charge >= 0.3 is 0 Å². The molecule has 0 aliphatic carbocycles. The molecule has 78 valence electrons. The second kappa shape index (κ2) is 4.36. The number of methoxy groups -OCH3 is 1. The SMILES string of the molecule is COCCS(=O)(=O)N1CC[C@@H](O)C1. The molecule has 13 heavy (non-hydrogen) atoms. The number of nitrogens with zero attached hydrogens (tertiary/aromatic N) is 1. The van der Waals surface area contributed by atoms with Crippen molar-refractivity contribution in [3.8, 4) is 0 Å². The molecule has 1 N–H and O–H groups in total. The van der Waals surface area contributed by atoms with Crippen LogP contribution in [0.5, 0.6) is 0 Å². The fourth-order valence-corrected chi connectivity index (χ4v) is 2.70. The molecule has 1 aliphatic rings. The predicted molar refractivity (Wildman–Crippen MR) is 47.9 cm³/mol. The standard InChI is InChI=1S/C7H15NO4S/c1-12-4-5-13(10,11)8-3-2-7(9)6-8/h7,9H,2-6H2,1H3/t7-/m1/s1. The Hall–Kier alpha value is -0.170. The van der Waals surface area contributed by atoms with Gasteiger partial charge in [-0.15, -0.1) is 0 Å². The average Bonchev–Trinajstić information content (AvgIpc) is 2.49. The van der Waals surface area contributed by atoms with Crippen molar-refractivity contribution < 1.29 is 18.3 Å². The van der Waals surface area contributed by atoms with E-state index in [0.29, 0.717) is 13.0 Å². The maximum absolute atomic E-state index is 11.5. The molecular formula is C7H15NO4S. The molecule has 1 atom stereocenters. The van der Waals surface area contributed by atoms with Gasteiger partial charge in [0.05, 0.1) is 18.5 Å². The lowest BCUT2D eigenvalue weighted by molar-refractivity contribution is 0.188. The molecule has 6 heteroatoms. The van der Waals surface area contributed by atoms with Crippen LogP contribution in [0.25, 0.3) is 0 Å². The van der Waals surface area contributed by atoms with Gasteiger partial charge in [-0.2, -0.15) is 4.31 Å². The van der Waals surface area contributed by atoms with E-state index in [0.717, 1.165) is 0 Å². The van der Waals surface area contributed by atoms with Crippen molar-refractivity contribution in [3.05, 3.63) is 0 Å². The van der Waals surface area contributed by atoms with E-state index in [-0.39, 0.29) is 18.9 Å². The van der Waals surface area contributed by atoms with Gasteiger partial charge in [0.15, 0.2) is 0 Å². The Labute approximate surface area is 78.4 Å². The molecule has 0 aromatic rings. The minimum Gasteiger partial charge on any atom is -0.392 e. The molecule has 0 amide bonds. The van der Waals surface area contributed by atoms with Gasteiger partial charge < -0.3 is 9.84 Å². The smallest absolute Gasteiger partial charge is 0.216 e. The zero-order chi connectivity index (χ0) is 9.90. The van der Waals surface area contributed by atoms with Gasteiger partial charge in [0, 0.05) is 20.2 Å². The van der Waals surface area contributed by atoms with Gasteiger partial charge in [0.25, 0.3) is 0 Å². The van der Waals surface area contributed by atoms with Crippen molar-refractivity contribution in [1.82, 2.24) is 4.31 Å². The molecule has 0 aromatic carbocycles. The molecule has 1 aliphatic heterocycles. The van der Waals surface area contributed by atoms with Gasteiger partial charge in [-0.1, -0.05) is 0 Å². The number of aliphatic hydroxyl groups excluding tert-OH is 1. The molecular weight excluding hydrogens is 194 g/mol. The van der Waals surface area contributed by atoms with Crippen LogP contribution >= 0.6 is 0 Å². The second-order valence-corrected chi connectivity index (χ2v) is 5.20. The third kappa shape index (κ3) is 2.91. The van der Waals surface area contributed by atoms with Gasteiger partial charge in [-0.05, 0) is 6.42 Å². The average molecular weight is 209 g/mol. The summed E-state index contributed by atoms with van der Waals surface area (Å²) in [6.45, 7) is 0.855. The molecule has 1 rings (SSSR count). The van der Waals surface area contributed by atoms with Crippen molar-refractivity contribution >= 4 is 10.0 Å². The predicted octanol–water partition coefficient (Wildman–Crippen LogP) is -0.971. The van der Waals surface area contributed by atoms with Crippen LogP contribution in [0.15, 0.2) is 0 Å². The highest BCUT2D eigenvalue weighted by Gasteiger charge is 2.29. The van der Waals surface area contributed by atoms with E-state index >= 15 is 0 Å². The number of sulfonamides is 1. The van der Waals surface area contributed by atoms with Crippen LogP contribution < -0.4 is 0 Å². The Morgan fingerprint density at radius 3 is 2.77 bits per heavy atom. The third-order valence-corrected chi connectivity index (χ3v) is 3.87. The highest BCUT2D eigenvalue weighted by atomic mass is 32.2. The molecule has 0 spiro atoms. The highest BCUT2D eigenvalue weighted by Crippen LogP contribution is 2.13. The molecule has 1 fully saturated rings. The minimum atomic E-state index is -3.21. The molecule has 0 saturated carbocycles. The van der Waals surface area contributed by atoms with Crippen molar-refractivity contribution in [2.75, 3.05) is 32.6 Å². The lowest BCUT2D eigenvalue weighted by atomic mass is 10.3. The third-order valence-electron chi connectivity index (χ3n) is 2.06. The van der Waals surface area contributed by atoms with Crippen LogP contribution in [0, 0.1) is 0 Å². The van der Waals surface area contributed by atoms with Gasteiger partial charge in [-0.25, -0.2) is 8.42 Å². The van der Waals surface area contributed by atoms with Crippen molar-refractivity contribution in [2.45, 2.75) is 12.5 Å². The van der Waals surface area contributed by atoms with Crippen molar-refractivity contribution in [2.24, 2.45) is 0 Å². The summed E-state index contributed by atoms with van der Waals surface area (Å²) < 4.78 is 29.0. The van der Waals surface area contributed by atoms with Crippen molar-refractivity contribution in [3.63, 3.8) is 0 Å². The summed E-state index contributed by atoms with van der Waals surface area (Å²) in [4.78, 5) is 0. The summed E-state index contributed by atoms with van der Waals surface area (Å²) in [5.41, 5.74) is 0. The highest BCUT2D eigenvalue weighted by molar-refractivity contribution is 7.89.